The minimum atomic E-state index is -0.123. The van der Waals surface area contributed by atoms with Gasteiger partial charge in [-0.25, -0.2) is 9.97 Å². The summed E-state index contributed by atoms with van der Waals surface area (Å²) in [7, 11) is 0. The molecule has 0 unspecified atom stereocenters. The predicted octanol–water partition coefficient (Wildman–Crippen LogP) is 6.97. The van der Waals surface area contributed by atoms with Gasteiger partial charge in [-0.1, -0.05) is 55.9 Å². The van der Waals surface area contributed by atoms with Gasteiger partial charge in [0, 0.05) is 22.4 Å². The summed E-state index contributed by atoms with van der Waals surface area (Å²) in [6.07, 6.45) is 2.13. The average Bonchev–Trinajstić information content (AvgIpc) is 3.03. The maximum Gasteiger partial charge on any atom is 0.190 e. The summed E-state index contributed by atoms with van der Waals surface area (Å²) < 4.78 is 6.06. The molecule has 0 saturated heterocycles. The Labute approximate surface area is 186 Å². The normalized spacial score (nSPS) is 15.8. The fraction of sp³-hybridized carbons (Fsp3) is 0.478. The Balaban J connectivity index is 1.67. The fourth-order valence-corrected chi connectivity index (χ4v) is 6.76. The van der Waals surface area contributed by atoms with Gasteiger partial charge in [0.15, 0.2) is 5.16 Å². The molecule has 3 aromatic rings. The number of thiophene rings is 1. The van der Waals surface area contributed by atoms with Crippen molar-refractivity contribution >= 4 is 45.1 Å². The minimum Gasteiger partial charge on any atom is -0.370 e. The first-order valence-corrected chi connectivity index (χ1v) is 13.0. The molecule has 0 atom stereocenters. The van der Waals surface area contributed by atoms with Gasteiger partial charge in [0.25, 0.3) is 0 Å². The summed E-state index contributed by atoms with van der Waals surface area (Å²) in [5.41, 5.74) is 2.59. The zero-order valence-corrected chi connectivity index (χ0v) is 20.0. The molecule has 4 rings (SSSR count). The maximum absolute atomic E-state index is 6.06. The second kappa shape index (κ2) is 8.96. The smallest absolute Gasteiger partial charge is 0.190 e. The van der Waals surface area contributed by atoms with E-state index in [1.54, 1.807) is 23.1 Å². The quantitative estimate of drug-likeness (QED) is 0.223. The molecule has 0 amide bonds. The van der Waals surface area contributed by atoms with Crippen LogP contribution >= 0.6 is 34.9 Å². The number of hydrogen-bond acceptors (Lipinski definition) is 6. The Morgan fingerprint density at radius 2 is 1.93 bits per heavy atom. The highest BCUT2D eigenvalue weighted by Gasteiger charge is 2.31. The Hall–Kier alpha value is -1.08. The molecule has 0 fully saturated rings. The van der Waals surface area contributed by atoms with Gasteiger partial charge in [-0.05, 0) is 43.1 Å². The van der Waals surface area contributed by atoms with Gasteiger partial charge in [-0.15, -0.1) is 23.1 Å². The third-order valence-electron chi connectivity index (χ3n) is 5.02. The molecule has 0 N–H and O–H groups in total. The molecule has 1 aliphatic rings. The van der Waals surface area contributed by atoms with Crippen LogP contribution in [-0.4, -0.2) is 21.3 Å². The Bertz CT molecular complexity index is 983. The largest absolute Gasteiger partial charge is 0.370 e. The van der Waals surface area contributed by atoms with E-state index in [4.69, 9.17) is 14.7 Å². The molecular formula is C23H28N2OS3. The number of aromatic nitrogens is 2. The van der Waals surface area contributed by atoms with E-state index in [9.17, 15) is 0 Å². The van der Waals surface area contributed by atoms with Crippen LogP contribution in [0.5, 0.6) is 0 Å². The van der Waals surface area contributed by atoms with E-state index in [1.807, 2.05) is 11.8 Å². The predicted molar refractivity (Wildman–Crippen MR) is 126 cm³/mol. The molecule has 0 radical (unpaired) electrons. The van der Waals surface area contributed by atoms with Crippen molar-refractivity contribution < 1.29 is 4.74 Å². The number of benzene rings is 1. The first kappa shape index (κ1) is 21.2. The number of thioether (sulfide) groups is 2. The van der Waals surface area contributed by atoms with Gasteiger partial charge in [-0.3, -0.25) is 0 Å². The van der Waals surface area contributed by atoms with Gasteiger partial charge in [-0.2, -0.15) is 0 Å². The Kier molecular flexibility index (Phi) is 6.54. The number of nitrogens with zero attached hydrogens (tertiary/aromatic N) is 2. The van der Waals surface area contributed by atoms with Crippen molar-refractivity contribution in [1.29, 1.82) is 0 Å². The van der Waals surface area contributed by atoms with Crippen LogP contribution in [0.4, 0.5) is 0 Å². The molecule has 6 heteroatoms. The van der Waals surface area contributed by atoms with Crippen molar-refractivity contribution in [3.8, 4) is 0 Å². The zero-order valence-electron chi connectivity index (χ0n) is 17.5. The minimum absolute atomic E-state index is 0.123. The van der Waals surface area contributed by atoms with Crippen molar-refractivity contribution in [2.24, 2.45) is 5.92 Å². The van der Waals surface area contributed by atoms with Gasteiger partial charge >= 0.3 is 0 Å². The van der Waals surface area contributed by atoms with Crippen molar-refractivity contribution in [2.75, 3.05) is 5.75 Å². The Morgan fingerprint density at radius 1 is 1.14 bits per heavy atom. The van der Waals surface area contributed by atoms with Crippen LogP contribution in [0.15, 0.2) is 40.5 Å². The van der Waals surface area contributed by atoms with Crippen LogP contribution in [0, 0.1) is 5.92 Å². The third-order valence-corrected chi connectivity index (χ3v) is 8.05. The SMILES string of the molecule is CC(C)CCSc1nc(SCc2ccccc2)nc2sc3c(c12)CC(C)(C)OC3. The van der Waals surface area contributed by atoms with Crippen LogP contribution in [-0.2, 0) is 23.5 Å². The van der Waals surface area contributed by atoms with Crippen molar-refractivity contribution in [2.45, 2.75) is 68.7 Å². The van der Waals surface area contributed by atoms with Crippen LogP contribution in [0.2, 0.25) is 0 Å². The average molecular weight is 445 g/mol. The molecule has 3 nitrogen and oxygen atoms in total. The molecule has 1 aliphatic heterocycles. The summed E-state index contributed by atoms with van der Waals surface area (Å²) in [6, 6.07) is 10.5. The first-order chi connectivity index (χ1) is 13.9. The van der Waals surface area contributed by atoms with Crippen LogP contribution in [0.25, 0.3) is 10.2 Å². The van der Waals surface area contributed by atoms with E-state index in [0.717, 1.165) is 32.9 Å². The highest BCUT2D eigenvalue weighted by molar-refractivity contribution is 7.99. The van der Waals surface area contributed by atoms with E-state index in [-0.39, 0.29) is 5.60 Å². The van der Waals surface area contributed by atoms with Gasteiger partial charge in [0.2, 0.25) is 0 Å². The number of fused-ring (bicyclic) bond motifs is 3. The molecule has 1 aromatic carbocycles. The topological polar surface area (TPSA) is 35.0 Å². The maximum atomic E-state index is 6.06. The standard InChI is InChI=1S/C23H28N2OS3/c1-15(2)10-11-27-20-19-17-12-23(3,4)26-13-18(17)29-21(19)25-22(24-20)28-14-16-8-6-5-7-9-16/h5-9,15H,10-14H2,1-4H3. The summed E-state index contributed by atoms with van der Waals surface area (Å²) in [6.45, 7) is 9.60. The fourth-order valence-electron chi connectivity index (χ4n) is 3.38. The highest BCUT2D eigenvalue weighted by Crippen LogP contribution is 2.42. The van der Waals surface area contributed by atoms with Crippen LogP contribution < -0.4 is 0 Å². The second-order valence-electron chi connectivity index (χ2n) is 8.53. The molecule has 154 valence electrons. The molecule has 29 heavy (non-hydrogen) atoms. The van der Waals surface area contributed by atoms with Crippen LogP contribution in [0.1, 0.15) is 50.1 Å². The molecule has 0 saturated carbocycles. The summed E-state index contributed by atoms with van der Waals surface area (Å²) >= 11 is 5.41. The second-order valence-corrected chi connectivity index (χ2v) is 11.6. The lowest BCUT2D eigenvalue weighted by molar-refractivity contribution is -0.0379. The molecular weight excluding hydrogens is 416 g/mol. The lowest BCUT2D eigenvalue weighted by atomic mass is 9.95. The van der Waals surface area contributed by atoms with E-state index < -0.39 is 0 Å². The van der Waals surface area contributed by atoms with Crippen molar-refractivity contribution in [3.05, 3.63) is 46.3 Å². The first-order valence-electron chi connectivity index (χ1n) is 10.2. The van der Waals surface area contributed by atoms with Crippen molar-refractivity contribution in [3.63, 3.8) is 0 Å². The van der Waals surface area contributed by atoms with E-state index in [1.165, 1.54) is 27.8 Å². The molecule has 0 aliphatic carbocycles. The lowest BCUT2D eigenvalue weighted by Crippen LogP contribution is -2.31. The van der Waals surface area contributed by atoms with Gasteiger partial charge in [0.05, 0.1) is 12.2 Å². The zero-order chi connectivity index (χ0) is 20.4. The van der Waals surface area contributed by atoms with E-state index in [2.05, 4.69) is 58.0 Å². The molecule has 0 spiro atoms. The van der Waals surface area contributed by atoms with E-state index in [0.29, 0.717) is 12.5 Å². The molecule has 0 bridgehead atoms. The molecule has 2 aromatic heterocycles. The number of hydrogen-bond donors (Lipinski definition) is 0. The van der Waals surface area contributed by atoms with Crippen molar-refractivity contribution in [1.82, 2.24) is 9.97 Å². The summed E-state index contributed by atoms with van der Waals surface area (Å²) in [5, 5.41) is 3.31. The Morgan fingerprint density at radius 3 is 2.69 bits per heavy atom. The van der Waals surface area contributed by atoms with Crippen LogP contribution in [0.3, 0.4) is 0 Å². The summed E-state index contributed by atoms with van der Waals surface area (Å²) in [4.78, 5) is 12.4. The molecule has 3 heterocycles. The lowest BCUT2D eigenvalue weighted by Gasteiger charge is -2.30. The summed E-state index contributed by atoms with van der Waals surface area (Å²) in [5.74, 6) is 2.69. The van der Waals surface area contributed by atoms with Gasteiger partial charge in [0.1, 0.15) is 9.86 Å². The highest BCUT2D eigenvalue weighted by atomic mass is 32.2. The third kappa shape index (κ3) is 5.16. The number of ether oxygens (including phenoxy) is 1. The van der Waals surface area contributed by atoms with Gasteiger partial charge < -0.3 is 4.74 Å². The monoisotopic (exact) mass is 444 g/mol. The number of rotatable bonds is 7. The van der Waals surface area contributed by atoms with E-state index >= 15 is 0 Å².